The highest BCUT2D eigenvalue weighted by molar-refractivity contribution is 7.48. The Hall–Kier alpha value is -3.08. The maximum atomic E-state index is 13.2. The summed E-state index contributed by atoms with van der Waals surface area (Å²) in [5.74, 6) is 0.279. The largest absolute Gasteiger partial charge is 0.530 e. The molecule has 142 valence electrons. The van der Waals surface area contributed by atoms with Crippen LogP contribution in [-0.4, -0.2) is 0 Å². The lowest BCUT2D eigenvalue weighted by atomic mass is 10.2. The molecule has 0 amide bonds. The van der Waals surface area contributed by atoms with Crippen LogP contribution >= 0.6 is 7.82 Å². The maximum Gasteiger partial charge on any atom is 0.530 e. The fourth-order valence-electron chi connectivity index (χ4n) is 2.30. The third kappa shape index (κ3) is 5.98. The van der Waals surface area contributed by atoms with E-state index in [2.05, 4.69) is 10.0 Å². The van der Waals surface area contributed by atoms with E-state index < -0.39 is 7.82 Å². The standard InChI is InChI=1S/C20H18N3O4P/c21-23-22-19-11-13-20(14-12-19)27-28(24,25-15-17-7-3-1-4-8-17)26-16-18-9-5-2-6-10-18/h1-14H,15-16H2. The molecule has 3 rings (SSSR count). The van der Waals surface area contributed by atoms with E-state index in [0.29, 0.717) is 5.69 Å². The van der Waals surface area contributed by atoms with Gasteiger partial charge in [0, 0.05) is 10.6 Å². The number of phosphoric acid groups is 1. The molecule has 0 aliphatic carbocycles. The van der Waals surface area contributed by atoms with Crippen LogP contribution in [0.15, 0.2) is 90.0 Å². The number of benzene rings is 3. The Labute approximate surface area is 162 Å². The average Bonchev–Trinajstić information content (AvgIpc) is 2.74. The van der Waals surface area contributed by atoms with Crippen LogP contribution in [-0.2, 0) is 26.8 Å². The molecular weight excluding hydrogens is 377 g/mol. The minimum atomic E-state index is -3.91. The monoisotopic (exact) mass is 395 g/mol. The summed E-state index contributed by atoms with van der Waals surface area (Å²) in [5.41, 5.74) is 10.6. The molecule has 0 fully saturated rings. The molecule has 7 nitrogen and oxygen atoms in total. The van der Waals surface area contributed by atoms with E-state index in [1.807, 2.05) is 60.7 Å². The molecule has 0 aromatic heterocycles. The Morgan fingerprint density at radius 2 is 1.29 bits per heavy atom. The number of nitrogens with zero attached hydrogens (tertiary/aromatic N) is 3. The molecule has 0 aliphatic rings. The molecule has 28 heavy (non-hydrogen) atoms. The Bertz CT molecular complexity index is 928. The predicted octanol–water partition coefficient (Wildman–Crippen LogP) is 6.55. The van der Waals surface area contributed by atoms with Crippen molar-refractivity contribution in [3.05, 3.63) is 106 Å². The van der Waals surface area contributed by atoms with Crippen molar-refractivity contribution in [2.45, 2.75) is 13.2 Å². The second kappa shape index (κ2) is 9.74. The van der Waals surface area contributed by atoms with Gasteiger partial charge in [-0.2, -0.15) is 0 Å². The topological polar surface area (TPSA) is 93.5 Å². The molecule has 0 saturated heterocycles. The molecule has 0 saturated carbocycles. The van der Waals surface area contributed by atoms with Crippen molar-refractivity contribution in [3.63, 3.8) is 0 Å². The van der Waals surface area contributed by atoms with Crippen LogP contribution in [0.3, 0.4) is 0 Å². The predicted molar refractivity (Wildman–Crippen MR) is 106 cm³/mol. The summed E-state index contributed by atoms with van der Waals surface area (Å²) in [7, 11) is -3.91. The van der Waals surface area contributed by atoms with Gasteiger partial charge in [-0.1, -0.05) is 65.8 Å². The lowest BCUT2D eigenvalue weighted by Crippen LogP contribution is -2.03. The van der Waals surface area contributed by atoms with Gasteiger partial charge >= 0.3 is 7.82 Å². The summed E-state index contributed by atoms with van der Waals surface area (Å²) >= 11 is 0. The molecule has 0 heterocycles. The van der Waals surface area contributed by atoms with Gasteiger partial charge in [0.25, 0.3) is 0 Å². The minimum Gasteiger partial charge on any atom is -0.404 e. The highest BCUT2D eigenvalue weighted by atomic mass is 31.2. The van der Waals surface area contributed by atoms with Crippen LogP contribution < -0.4 is 4.52 Å². The molecule has 0 spiro atoms. The first kappa shape index (κ1) is 19.7. The molecule has 0 radical (unpaired) electrons. The molecule has 0 bridgehead atoms. The van der Waals surface area contributed by atoms with Crippen molar-refractivity contribution >= 4 is 13.5 Å². The quantitative estimate of drug-likeness (QED) is 0.178. The van der Waals surface area contributed by atoms with Crippen LogP contribution in [0.1, 0.15) is 11.1 Å². The fraction of sp³-hybridized carbons (Fsp3) is 0.100. The SMILES string of the molecule is [N-]=[N+]=Nc1ccc(OP(=O)(OCc2ccccc2)OCc2ccccc2)cc1. The molecule has 8 heteroatoms. The van der Waals surface area contributed by atoms with Gasteiger partial charge in [-0.25, -0.2) is 4.57 Å². The first-order valence-corrected chi connectivity index (χ1v) is 9.95. The molecule has 0 atom stereocenters. The van der Waals surface area contributed by atoms with Gasteiger partial charge in [-0.3, -0.25) is 9.05 Å². The Balaban J connectivity index is 1.74. The third-order valence-corrected chi connectivity index (χ3v) is 5.00. The summed E-state index contributed by atoms with van der Waals surface area (Å²) in [4.78, 5) is 2.72. The Morgan fingerprint density at radius 1 is 0.786 bits per heavy atom. The molecule has 3 aromatic rings. The molecule has 0 unspecified atom stereocenters. The van der Waals surface area contributed by atoms with Gasteiger partial charge in [-0.05, 0) is 40.9 Å². The minimum absolute atomic E-state index is 0.0731. The number of azide groups is 1. The van der Waals surface area contributed by atoms with Crippen molar-refractivity contribution in [1.29, 1.82) is 0 Å². The summed E-state index contributed by atoms with van der Waals surface area (Å²) in [6.45, 7) is 0.146. The van der Waals surface area contributed by atoms with Crippen molar-refractivity contribution in [2.24, 2.45) is 5.11 Å². The zero-order valence-electron chi connectivity index (χ0n) is 14.9. The second-order valence-electron chi connectivity index (χ2n) is 5.74. The number of hydrogen-bond acceptors (Lipinski definition) is 5. The van der Waals surface area contributed by atoms with Crippen molar-refractivity contribution in [1.82, 2.24) is 0 Å². The van der Waals surface area contributed by atoms with Crippen LogP contribution in [0.25, 0.3) is 10.4 Å². The number of phosphoric ester groups is 1. The fourth-order valence-corrected chi connectivity index (χ4v) is 3.47. The van der Waals surface area contributed by atoms with E-state index in [4.69, 9.17) is 19.1 Å². The molecule has 0 aliphatic heterocycles. The highest BCUT2D eigenvalue weighted by Crippen LogP contribution is 2.51. The number of rotatable bonds is 9. The first-order valence-electron chi connectivity index (χ1n) is 8.49. The molecular formula is C20H18N3O4P. The van der Waals surface area contributed by atoms with E-state index in [1.54, 1.807) is 12.1 Å². The van der Waals surface area contributed by atoms with Gasteiger partial charge in [-0.15, -0.1) is 0 Å². The van der Waals surface area contributed by atoms with Crippen LogP contribution in [0.4, 0.5) is 5.69 Å². The van der Waals surface area contributed by atoms with E-state index in [-0.39, 0.29) is 19.0 Å². The maximum absolute atomic E-state index is 13.2. The van der Waals surface area contributed by atoms with Crippen molar-refractivity contribution in [3.8, 4) is 5.75 Å². The third-order valence-electron chi connectivity index (χ3n) is 3.68. The highest BCUT2D eigenvalue weighted by Gasteiger charge is 2.29. The summed E-state index contributed by atoms with van der Waals surface area (Å²) in [6.07, 6.45) is 0. The van der Waals surface area contributed by atoms with Crippen LogP contribution in [0.5, 0.6) is 5.75 Å². The van der Waals surface area contributed by atoms with Gasteiger partial charge < -0.3 is 4.52 Å². The summed E-state index contributed by atoms with van der Waals surface area (Å²) < 4.78 is 29.8. The zero-order chi connectivity index (χ0) is 19.7. The molecule has 3 aromatic carbocycles. The Kier molecular flexibility index (Phi) is 6.84. The zero-order valence-corrected chi connectivity index (χ0v) is 15.8. The van der Waals surface area contributed by atoms with Gasteiger partial charge in [0.2, 0.25) is 0 Å². The summed E-state index contributed by atoms with van der Waals surface area (Å²) in [6, 6.07) is 24.8. The average molecular weight is 395 g/mol. The van der Waals surface area contributed by atoms with Crippen molar-refractivity contribution < 1.29 is 18.1 Å². The summed E-state index contributed by atoms with van der Waals surface area (Å²) in [5, 5.41) is 3.49. The number of hydrogen-bond donors (Lipinski definition) is 0. The van der Waals surface area contributed by atoms with E-state index in [9.17, 15) is 4.57 Å². The lowest BCUT2D eigenvalue weighted by Gasteiger charge is -2.19. The van der Waals surface area contributed by atoms with E-state index in [0.717, 1.165) is 11.1 Å². The van der Waals surface area contributed by atoms with Crippen LogP contribution in [0.2, 0.25) is 0 Å². The van der Waals surface area contributed by atoms with Crippen LogP contribution in [0, 0.1) is 0 Å². The Morgan fingerprint density at radius 3 is 1.75 bits per heavy atom. The molecule has 0 N–H and O–H groups in total. The second-order valence-corrected chi connectivity index (χ2v) is 7.33. The normalized spacial score (nSPS) is 10.9. The smallest absolute Gasteiger partial charge is 0.404 e. The van der Waals surface area contributed by atoms with E-state index in [1.165, 1.54) is 12.1 Å². The van der Waals surface area contributed by atoms with E-state index >= 15 is 0 Å². The van der Waals surface area contributed by atoms with Gasteiger partial charge in [0.05, 0.1) is 13.2 Å². The van der Waals surface area contributed by atoms with Crippen molar-refractivity contribution in [2.75, 3.05) is 0 Å². The first-order chi connectivity index (χ1) is 13.7. The van der Waals surface area contributed by atoms with Gasteiger partial charge in [0.1, 0.15) is 5.75 Å². The lowest BCUT2D eigenvalue weighted by molar-refractivity contribution is 0.143. The van der Waals surface area contributed by atoms with Gasteiger partial charge in [0.15, 0.2) is 0 Å².